The van der Waals surface area contributed by atoms with Crippen molar-refractivity contribution >= 4 is 28.2 Å². The molecule has 0 saturated carbocycles. The molecule has 1 amide bonds. The van der Waals surface area contributed by atoms with Crippen LogP contribution >= 0.6 is 11.3 Å². The van der Waals surface area contributed by atoms with E-state index in [0.29, 0.717) is 27.6 Å². The second-order valence-electron chi connectivity index (χ2n) is 6.99. The van der Waals surface area contributed by atoms with E-state index in [9.17, 15) is 9.59 Å². The van der Waals surface area contributed by atoms with E-state index in [1.807, 2.05) is 6.92 Å². The SMILES string of the molecule is Cc1noc(C)c1COC(=O)c1c(NC(=O)c2cccnc2)sc2c1CCCC2. The summed E-state index contributed by atoms with van der Waals surface area (Å²) in [6, 6.07) is 3.39. The highest BCUT2D eigenvalue weighted by atomic mass is 32.1. The van der Waals surface area contributed by atoms with Crippen molar-refractivity contribution < 1.29 is 18.8 Å². The predicted octanol–water partition coefficient (Wildman–Crippen LogP) is 4.24. The van der Waals surface area contributed by atoms with Gasteiger partial charge in [0.1, 0.15) is 17.4 Å². The van der Waals surface area contributed by atoms with Gasteiger partial charge in [0.2, 0.25) is 0 Å². The van der Waals surface area contributed by atoms with Gasteiger partial charge in [0, 0.05) is 17.3 Å². The molecule has 29 heavy (non-hydrogen) atoms. The molecule has 0 atom stereocenters. The Kier molecular flexibility index (Phi) is 5.44. The highest BCUT2D eigenvalue weighted by molar-refractivity contribution is 7.17. The maximum Gasteiger partial charge on any atom is 0.341 e. The number of carbonyl (C=O) groups excluding carboxylic acids is 2. The van der Waals surface area contributed by atoms with Gasteiger partial charge in [0.25, 0.3) is 5.91 Å². The average molecular weight is 411 g/mol. The molecule has 3 aromatic rings. The number of thiophene rings is 1. The number of carbonyl (C=O) groups is 2. The molecule has 8 heteroatoms. The lowest BCUT2D eigenvalue weighted by atomic mass is 9.95. The molecule has 7 nitrogen and oxygen atoms in total. The van der Waals surface area contributed by atoms with E-state index in [2.05, 4.69) is 15.5 Å². The van der Waals surface area contributed by atoms with Gasteiger partial charge in [0.15, 0.2) is 0 Å². The highest BCUT2D eigenvalue weighted by Gasteiger charge is 2.28. The van der Waals surface area contributed by atoms with Crippen molar-refractivity contribution in [2.75, 3.05) is 5.32 Å². The van der Waals surface area contributed by atoms with Gasteiger partial charge in [-0.05, 0) is 57.2 Å². The lowest BCUT2D eigenvalue weighted by Crippen LogP contribution is -2.16. The first-order valence-electron chi connectivity index (χ1n) is 9.49. The molecule has 0 bridgehead atoms. The number of anilines is 1. The van der Waals surface area contributed by atoms with Gasteiger partial charge in [-0.3, -0.25) is 9.78 Å². The zero-order valence-corrected chi connectivity index (χ0v) is 17.1. The first-order chi connectivity index (χ1) is 14.0. The van der Waals surface area contributed by atoms with Gasteiger partial charge in [-0.15, -0.1) is 11.3 Å². The lowest BCUT2D eigenvalue weighted by molar-refractivity contribution is 0.0471. The molecule has 1 aliphatic carbocycles. The van der Waals surface area contributed by atoms with Crippen LogP contribution in [0, 0.1) is 13.8 Å². The minimum absolute atomic E-state index is 0.0839. The molecule has 0 aromatic carbocycles. The van der Waals surface area contributed by atoms with E-state index in [1.54, 1.807) is 25.3 Å². The molecule has 0 spiro atoms. The van der Waals surface area contributed by atoms with Crippen molar-refractivity contribution in [2.24, 2.45) is 0 Å². The lowest BCUT2D eigenvalue weighted by Gasteiger charge is -2.13. The van der Waals surface area contributed by atoms with Crippen LogP contribution in [0.15, 0.2) is 29.0 Å². The number of hydrogen-bond acceptors (Lipinski definition) is 7. The van der Waals surface area contributed by atoms with Crippen molar-refractivity contribution in [3.05, 3.63) is 63.1 Å². The number of pyridine rings is 1. The molecule has 0 unspecified atom stereocenters. The third-order valence-corrected chi connectivity index (χ3v) is 6.26. The molecule has 0 fully saturated rings. The fourth-order valence-corrected chi connectivity index (χ4v) is 4.73. The van der Waals surface area contributed by atoms with Crippen molar-refractivity contribution in [3.8, 4) is 0 Å². The summed E-state index contributed by atoms with van der Waals surface area (Å²) in [6.45, 7) is 3.68. The van der Waals surface area contributed by atoms with Gasteiger partial charge < -0.3 is 14.6 Å². The number of aromatic nitrogens is 2. The Balaban J connectivity index is 1.60. The number of amides is 1. The van der Waals surface area contributed by atoms with Crippen LogP contribution in [0.4, 0.5) is 5.00 Å². The summed E-state index contributed by atoms with van der Waals surface area (Å²) >= 11 is 1.46. The van der Waals surface area contributed by atoms with Gasteiger partial charge >= 0.3 is 5.97 Å². The molecule has 150 valence electrons. The molecule has 0 radical (unpaired) electrons. The summed E-state index contributed by atoms with van der Waals surface area (Å²) in [5.41, 5.74) is 3.37. The maximum atomic E-state index is 13.0. The van der Waals surface area contributed by atoms with Crippen LogP contribution in [0.25, 0.3) is 0 Å². The molecule has 4 rings (SSSR count). The Morgan fingerprint density at radius 2 is 2.10 bits per heavy atom. The van der Waals surface area contributed by atoms with Crippen LogP contribution < -0.4 is 5.32 Å². The van der Waals surface area contributed by atoms with Gasteiger partial charge in [-0.25, -0.2) is 4.79 Å². The molecule has 1 N–H and O–H groups in total. The number of aryl methyl sites for hydroxylation is 3. The highest BCUT2D eigenvalue weighted by Crippen LogP contribution is 2.39. The summed E-state index contributed by atoms with van der Waals surface area (Å²) in [5.74, 6) is -0.102. The molecular formula is C21H21N3O4S. The number of fused-ring (bicyclic) bond motifs is 1. The van der Waals surface area contributed by atoms with E-state index in [0.717, 1.165) is 41.7 Å². The number of ether oxygens (including phenoxy) is 1. The summed E-state index contributed by atoms with van der Waals surface area (Å²) in [7, 11) is 0. The average Bonchev–Trinajstić information content (AvgIpc) is 3.26. The number of nitrogens with zero attached hydrogens (tertiary/aromatic N) is 2. The smallest absolute Gasteiger partial charge is 0.341 e. The third-order valence-electron chi connectivity index (χ3n) is 5.06. The minimum atomic E-state index is -0.439. The van der Waals surface area contributed by atoms with Crippen molar-refractivity contribution in [3.63, 3.8) is 0 Å². The summed E-state index contributed by atoms with van der Waals surface area (Å²) in [6.07, 6.45) is 6.93. The molecule has 0 saturated heterocycles. The van der Waals surface area contributed by atoms with Crippen LogP contribution in [0.5, 0.6) is 0 Å². The van der Waals surface area contributed by atoms with Crippen LogP contribution in [-0.4, -0.2) is 22.0 Å². The minimum Gasteiger partial charge on any atom is -0.457 e. The van der Waals surface area contributed by atoms with E-state index < -0.39 is 5.97 Å². The largest absolute Gasteiger partial charge is 0.457 e. The zero-order chi connectivity index (χ0) is 20.4. The van der Waals surface area contributed by atoms with E-state index >= 15 is 0 Å². The first-order valence-corrected chi connectivity index (χ1v) is 10.3. The fourth-order valence-electron chi connectivity index (χ4n) is 3.46. The number of esters is 1. The second-order valence-corrected chi connectivity index (χ2v) is 8.09. The first kappa shape index (κ1) is 19.3. The zero-order valence-electron chi connectivity index (χ0n) is 16.3. The van der Waals surface area contributed by atoms with Gasteiger partial charge in [0.05, 0.1) is 22.4 Å². The normalized spacial score (nSPS) is 13.0. The van der Waals surface area contributed by atoms with Crippen molar-refractivity contribution in [1.82, 2.24) is 10.1 Å². The number of rotatable bonds is 5. The van der Waals surface area contributed by atoms with E-state index in [4.69, 9.17) is 9.26 Å². The second kappa shape index (κ2) is 8.16. The van der Waals surface area contributed by atoms with Gasteiger partial charge in [-0.1, -0.05) is 5.16 Å². The molecule has 3 heterocycles. The maximum absolute atomic E-state index is 13.0. The molecular weight excluding hydrogens is 390 g/mol. The van der Waals surface area contributed by atoms with Gasteiger partial charge in [-0.2, -0.15) is 0 Å². The summed E-state index contributed by atoms with van der Waals surface area (Å²) in [5, 5.41) is 7.32. The van der Waals surface area contributed by atoms with Crippen LogP contribution in [0.2, 0.25) is 0 Å². The van der Waals surface area contributed by atoms with Crippen molar-refractivity contribution in [1.29, 1.82) is 0 Å². The van der Waals surface area contributed by atoms with E-state index in [1.165, 1.54) is 17.5 Å². The Morgan fingerprint density at radius 3 is 2.83 bits per heavy atom. The predicted molar refractivity (Wildman–Crippen MR) is 108 cm³/mol. The third kappa shape index (κ3) is 3.93. The topological polar surface area (TPSA) is 94.3 Å². The Bertz CT molecular complexity index is 1040. The monoisotopic (exact) mass is 411 g/mol. The standard InChI is InChI=1S/C21H21N3O4S/c1-12-16(13(2)28-24-12)11-27-21(26)18-15-7-3-4-8-17(15)29-20(18)23-19(25)14-6-5-9-22-10-14/h5-6,9-10H,3-4,7-8,11H2,1-2H3,(H,23,25). The number of hydrogen-bond donors (Lipinski definition) is 1. The fraction of sp³-hybridized carbons (Fsp3) is 0.333. The Labute approximate surface area is 172 Å². The van der Waals surface area contributed by atoms with E-state index in [-0.39, 0.29) is 12.5 Å². The Hall–Kier alpha value is -3.00. The van der Waals surface area contributed by atoms with Crippen LogP contribution in [0.1, 0.15) is 61.0 Å². The number of nitrogens with one attached hydrogen (secondary N) is 1. The quantitative estimate of drug-likeness (QED) is 0.631. The van der Waals surface area contributed by atoms with Crippen LogP contribution in [-0.2, 0) is 24.2 Å². The molecule has 0 aliphatic heterocycles. The molecule has 1 aliphatic rings. The van der Waals surface area contributed by atoms with Crippen molar-refractivity contribution in [2.45, 2.75) is 46.1 Å². The summed E-state index contributed by atoms with van der Waals surface area (Å²) in [4.78, 5) is 30.7. The summed E-state index contributed by atoms with van der Waals surface area (Å²) < 4.78 is 10.7. The Morgan fingerprint density at radius 1 is 1.28 bits per heavy atom. The molecule has 3 aromatic heterocycles. The van der Waals surface area contributed by atoms with Crippen LogP contribution in [0.3, 0.4) is 0 Å².